The van der Waals surface area contributed by atoms with Gasteiger partial charge in [-0.1, -0.05) is 12.1 Å². The number of ether oxygens (including phenoxy) is 2. The first-order chi connectivity index (χ1) is 11.3. The molecule has 0 aliphatic heterocycles. The summed E-state index contributed by atoms with van der Waals surface area (Å²) >= 11 is 0. The van der Waals surface area contributed by atoms with Gasteiger partial charge in [-0.15, -0.1) is 0 Å². The summed E-state index contributed by atoms with van der Waals surface area (Å²) in [7, 11) is 0. The van der Waals surface area contributed by atoms with Crippen LogP contribution in [-0.2, 0) is 9.53 Å². The zero-order valence-electron chi connectivity index (χ0n) is 12.7. The molecule has 2 aliphatic rings. The van der Waals surface area contributed by atoms with E-state index in [0.717, 1.165) is 23.1 Å². The van der Waals surface area contributed by atoms with Gasteiger partial charge in [0.15, 0.2) is 0 Å². The normalized spacial score (nSPS) is 28.4. The van der Waals surface area contributed by atoms with Gasteiger partial charge in [-0.05, 0) is 37.0 Å². The van der Waals surface area contributed by atoms with Gasteiger partial charge in [-0.3, -0.25) is 9.78 Å². The molecule has 0 spiro atoms. The van der Waals surface area contributed by atoms with Crippen LogP contribution in [0.15, 0.2) is 36.5 Å². The molecule has 2 aliphatic carbocycles. The lowest BCUT2D eigenvalue weighted by atomic mass is 10.1. The van der Waals surface area contributed by atoms with Gasteiger partial charge in [0, 0.05) is 17.5 Å². The van der Waals surface area contributed by atoms with Crippen LogP contribution in [0.25, 0.3) is 10.9 Å². The molecule has 0 bridgehead atoms. The summed E-state index contributed by atoms with van der Waals surface area (Å²) in [5.74, 6) is 0.347. The lowest BCUT2D eigenvalue weighted by Gasteiger charge is -2.10. The number of aromatic nitrogens is 1. The third-order valence-corrected chi connectivity index (χ3v) is 4.89. The first kappa shape index (κ1) is 14.4. The summed E-state index contributed by atoms with van der Waals surface area (Å²) < 4.78 is 24.4. The van der Waals surface area contributed by atoms with E-state index in [4.69, 9.17) is 9.47 Å². The molecule has 2 saturated carbocycles. The van der Waals surface area contributed by atoms with Gasteiger partial charge in [0.2, 0.25) is 0 Å². The second-order valence-electron chi connectivity index (χ2n) is 6.20. The Morgan fingerprint density at radius 3 is 2.91 bits per heavy atom. The summed E-state index contributed by atoms with van der Waals surface area (Å²) in [4.78, 5) is 16.2. The summed E-state index contributed by atoms with van der Waals surface area (Å²) in [6.45, 7) is 0.462. The monoisotopic (exact) mass is 315 g/mol. The SMILES string of the molecule is O=C(OCCOc1ccnc2ccccc12)C1C2CCC(F)C21. The Morgan fingerprint density at radius 2 is 2.09 bits per heavy atom. The number of esters is 1. The maximum Gasteiger partial charge on any atom is 0.309 e. The van der Waals surface area contributed by atoms with Crippen molar-refractivity contribution in [1.82, 2.24) is 4.98 Å². The summed E-state index contributed by atoms with van der Waals surface area (Å²) in [6.07, 6.45) is 2.27. The van der Waals surface area contributed by atoms with E-state index in [0.29, 0.717) is 6.42 Å². The number of nitrogens with zero attached hydrogens (tertiary/aromatic N) is 1. The molecule has 5 heteroatoms. The minimum atomic E-state index is -0.822. The molecule has 4 atom stereocenters. The predicted molar refractivity (Wildman–Crippen MR) is 82.8 cm³/mol. The molecule has 4 nitrogen and oxygen atoms in total. The number of hydrogen-bond donors (Lipinski definition) is 0. The number of halogens is 1. The average Bonchev–Trinajstić information content (AvgIpc) is 3.20. The molecular weight excluding hydrogens is 297 g/mol. The Bertz CT molecular complexity index is 730. The van der Waals surface area contributed by atoms with Crippen LogP contribution < -0.4 is 4.74 Å². The van der Waals surface area contributed by atoms with Gasteiger partial charge in [-0.25, -0.2) is 4.39 Å². The molecule has 0 amide bonds. The summed E-state index contributed by atoms with van der Waals surface area (Å²) in [6, 6.07) is 9.50. The Labute approximate surface area is 133 Å². The first-order valence-electron chi connectivity index (χ1n) is 8.03. The van der Waals surface area contributed by atoms with Gasteiger partial charge >= 0.3 is 5.97 Å². The van der Waals surface area contributed by atoms with Gasteiger partial charge in [0.1, 0.15) is 25.1 Å². The lowest BCUT2D eigenvalue weighted by molar-refractivity contribution is -0.147. The van der Waals surface area contributed by atoms with Gasteiger partial charge in [0.05, 0.1) is 11.4 Å². The van der Waals surface area contributed by atoms with E-state index in [-0.39, 0.29) is 36.9 Å². The smallest absolute Gasteiger partial charge is 0.309 e. The minimum Gasteiger partial charge on any atom is -0.489 e. The van der Waals surface area contributed by atoms with Gasteiger partial charge in [0.25, 0.3) is 0 Å². The zero-order valence-corrected chi connectivity index (χ0v) is 12.7. The van der Waals surface area contributed by atoms with Crippen molar-refractivity contribution in [1.29, 1.82) is 0 Å². The molecule has 4 rings (SSSR count). The minimum absolute atomic E-state index is 0.0902. The Morgan fingerprint density at radius 1 is 1.22 bits per heavy atom. The number of hydrogen-bond acceptors (Lipinski definition) is 4. The molecule has 1 heterocycles. The Kier molecular flexibility index (Phi) is 3.63. The molecule has 0 N–H and O–H groups in total. The highest BCUT2D eigenvalue weighted by atomic mass is 19.1. The van der Waals surface area contributed by atoms with Crippen molar-refractivity contribution in [3.05, 3.63) is 36.5 Å². The number of carbonyl (C=O) groups excluding carboxylic acids is 1. The van der Waals surface area contributed by atoms with Crippen LogP contribution >= 0.6 is 0 Å². The molecule has 2 aromatic rings. The molecule has 1 aromatic carbocycles. The maximum absolute atomic E-state index is 13.5. The van der Waals surface area contributed by atoms with Crippen molar-refractivity contribution in [2.45, 2.75) is 19.0 Å². The molecule has 23 heavy (non-hydrogen) atoms. The Balaban J connectivity index is 1.28. The predicted octanol–water partition coefficient (Wildman–Crippen LogP) is 3.15. The van der Waals surface area contributed by atoms with Gasteiger partial charge in [-0.2, -0.15) is 0 Å². The quantitative estimate of drug-likeness (QED) is 0.628. The van der Waals surface area contributed by atoms with E-state index in [1.54, 1.807) is 12.3 Å². The van der Waals surface area contributed by atoms with Crippen LogP contribution in [0.2, 0.25) is 0 Å². The second kappa shape index (κ2) is 5.80. The van der Waals surface area contributed by atoms with Crippen LogP contribution in [0, 0.1) is 17.8 Å². The highest BCUT2D eigenvalue weighted by Gasteiger charge is 2.62. The van der Waals surface area contributed by atoms with Crippen molar-refractivity contribution in [2.24, 2.45) is 17.8 Å². The van der Waals surface area contributed by atoms with E-state index in [1.807, 2.05) is 24.3 Å². The van der Waals surface area contributed by atoms with Crippen LogP contribution in [0.4, 0.5) is 4.39 Å². The van der Waals surface area contributed by atoms with E-state index in [2.05, 4.69) is 4.98 Å². The van der Waals surface area contributed by atoms with Crippen LogP contribution in [0.1, 0.15) is 12.8 Å². The highest BCUT2D eigenvalue weighted by Crippen LogP contribution is 2.59. The summed E-state index contributed by atoms with van der Waals surface area (Å²) in [5.41, 5.74) is 0.863. The van der Waals surface area contributed by atoms with Crippen LogP contribution in [0.3, 0.4) is 0 Å². The molecular formula is C18H18FNO3. The number of para-hydroxylation sites is 1. The first-order valence-corrected chi connectivity index (χ1v) is 8.03. The van der Waals surface area contributed by atoms with Crippen molar-refractivity contribution in [3.8, 4) is 5.75 Å². The topological polar surface area (TPSA) is 48.4 Å². The van der Waals surface area contributed by atoms with E-state index in [1.165, 1.54) is 0 Å². The number of pyridine rings is 1. The van der Waals surface area contributed by atoms with E-state index in [9.17, 15) is 9.18 Å². The maximum atomic E-state index is 13.5. The molecule has 4 unspecified atom stereocenters. The third-order valence-electron chi connectivity index (χ3n) is 4.89. The number of alkyl halides is 1. The molecule has 0 radical (unpaired) electrons. The number of fused-ring (bicyclic) bond motifs is 2. The van der Waals surface area contributed by atoms with Crippen molar-refractivity contribution >= 4 is 16.9 Å². The van der Waals surface area contributed by atoms with Crippen molar-refractivity contribution < 1.29 is 18.7 Å². The fourth-order valence-corrected chi connectivity index (χ4v) is 3.73. The number of carbonyl (C=O) groups is 1. The number of benzene rings is 1. The average molecular weight is 315 g/mol. The Hall–Kier alpha value is -2.17. The van der Waals surface area contributed by atoms with Crippen molar-refractivity contribution in [2.75, 3.05) is 13.2 Å². The molecule has 0 saturated heterocycles. The lowest BCUT2D eigenvalue weighted by Crippen LogP contribution is -2.17. The fourth-order valence-electron chi connectivity index (χ4n) is 3.73. The third kappa shape index (κ3) is 2.64. The molecule has 120 valence electrons. The molecule has 2 fully saturated rings. The van der Waals surface area contributed by atoms with Crippen LogP contribution in [-0.4, -0.2) is 30.3 Å². The largest absolute Gasteiger partial charge is 0.489 e. The fraction of sp³-hybridized carbons (Fsp3) is 0.444. The highest BCUT2D eigenvalue weighted by molar-refractivity contribution is 5.84. The van der Waals surface area contributed by atoms with E-state index >= 15 is 0 Å². The van der Waals surface area contributed by atoms with Crippen LogP contribution in [0.5, 0.6) is 5.75 Å². The van der Waals surface area contributed by atoms with Gasteiger partial charge < -0.3 is 9.47 Å². The zero-order chi connectivity index (χ0) is 15.8. The number of rotatable bonds is 5. The molecule has 1 aromatic heterocycles. The van der Waals surface area contributed by atoms with E-state index < -0.39 is 6.17 Å². The second-order valence-corrected chi connectivity index (χ2v) is 6.20. The van der Waals surface area contributed by atoms with Crippen molar-refractivity contribution in [3.63, 3.8) is 0 Å². The summed E-state index contributed by atoms with van der Waals surface area (Å²) in [5, 5.41) is 0.929. The standard InChI is InChI=1S/C18H18FNO3/c19-13-6-5-12-16(13)17(12)18(21)23-10-9-22-15-7-8-20-14-4-2-1-3-11(14)15/h1-4,7-8,12-13,16-17H,5-6,9-10H2.